The number of rotatable bonds is 2. The third-order valence-corrected chi connectivity index (χ3v) is 1.38. The lowest BCUT2D eigenvalue weighted by molar-refractivity contribution is -0.0527. The van der Waals surface area contributed by atoms with Gasteiger partial charge in [-0.15, -0.1) is 0 Å². The molecule has 0 unspecified atom stereocenters. The second kappa shape index (κ2) is 3.53. The topological polar surface area (TPSA) is 48.1 Å². The highest BCUT2D eigenvalue weighted by atomic mass is 35.5. The van der Waals surface area contributed by atoms with Crippen LogP contribution in [0.3, 0.4) is 0 Å². The summed E-state index contributed by atoms with van der Waals surface area (Å²) in [6.45, 7) is -2.90. The zero-order valence-electron chi connectivity index (χ0n) is 5.80. The van der Waals surface area contributed by atoms with Crippen LogP contribution in [0.25, 0.3) is 0 Å². The van der Waals surface area contributed by atoms with Gasteiger partial charge in [-0.3, -0.25) is 0 Å². The second-order valence-electron chi connectivity index (χ2n) is 1.90. The van der Waals surface area contributed by atoms with Crippen LogP contribution in [0.1, 0.15) is 0 Å². The lowest BCUT2D eigenvalue weighted by atomic mass is 10.4. The van der Waals surface area contributed by atoms with E-state index in [0.29, 0.717) is 0 Å². The molecule has 66 valence electrons. The van der Waals surface area contributed by atoms with Crippen molar-refractivity contribution < 1.29 is 13.5 Å². The van der Waals surface area contributed by atoms with Crippen LogP contribution in [0.15, 0.2) is 12.1 Å². The van der Waals surface area contributed by atoms with Crippen LogP contribution in [0.4, 0.5) is 14.6 Å². The van der Waals surface area contributed by atoms with E-state index in [0.717, 1.165) is 0 Å². The maximum Gasteiger partial charge on any atom is 0.388 e. The van der Waals surface area contributed by atoms with Gasteiger partial charge in [0.1, 0.15) is 5.82 Å². The summed E-state index contributed by atoms with van der Waals surface area (Å²) in [5, 5.41) is 0.205. The lowest BCUT2D eigenvalue weighted by Crippen LogP contribution is -2.04. The molecule has 0 atom stereocenters. The van der Waals surface area contributed by atoms with Crippen molar-refractivity contribution in [3.05, 3.63) is 17.2 Å². The summed E-state index contributed by atoms with van der Waals surface area (Å²) in [6.07, 6.45) is 0. The number of pyridine rings is 1. The van der Waals surface area contributed by atoms with Gasteiger partial charge in [-0.2, -0.15) is 13.8 Å². The van der Waals surface area contributed by atoms with Crippen LogP contribution in [0.2, 0.25) is 5.02 Å². The number of aromatic nitrogens is 1. The average Bonchev–Trinajstić information content (AvgIpc) is 1.96. The van der Waals surface area contributed by atoms with E-state index in [1.165, 1.54) is 12.1 Å². The summed E-state index contributed by atoms with van der Waals surface area (Å²) in [5.41, 5.74) is 5.23. The van der Waals surface area contributed by atoms with Gasteiger partial charge in [0.05, 0.1) is 5.02 Å². The molecule has 0 saturated heterocycles. The van der Waals surface area contributed by atoms with E-state index >= 15 is 0 Å². The average molecular weight is 195 g/mol. The number of halogens is 3. The Morgan fingerprint density at radius 3 is 2.67 bits per heavy atom. The van der Waals surface area contributed by atoms with E-state index in [4.69, 9.17) is 17.3 Å². The highest BCUT2D eigenvalue weighted by molar-refractivity contribution is 6.32. The summed E-state index contributed by atoms with van der Waals surface area (Å²) >= 11 is 5.49. The van der Waals surface area contributed by atoms with Crippen molar-refractivity contribution in [1.82, 2.24) is 4.98 Å². The van der Waals surface area contributed by atoms with Gasteiger partial charge in [-0.05, 0) is 6.07 Å². The van der Waals surface area contributed by atoms with Crippen molar-refractivity contribution in [2.24, 2.45) is 0 Å². The summed E-state index contributed by atoms with van der Waals surface area (Å²) < 4.78 is 27.2. The maximum absolute atomic E-state index is 11.6. The number of alkyl halides is 2. The number of anilines is 1. The molecule has 3 nitrogen and oxygen atoms in total. The molecule has 0 aliphatic heterocycles. The van der Waals surface area contributed by atoms with E-state index in [-0.39, 0.29) is 16.7 Å². The van der Waals surface area contributed by atoms with Crippen molar-refractivity contribution in [3.63, 3.8) is 0 Å². The molecule has 12 heavy (non-hydrogen) atoms. The first-order valence-corrected chi connectivity index (χ1v) is 3.34. The van der Waals surface area contributed by atoms with Gasteiger partial charge in [0.25, 0.3) is 0 Å². The Morgan fingerprint density at radius 1 is 1.50 bits per heavy atom. The van der Waals surface area contributed by atoms with Gasteiger partial charge in [0, 0.05) is 6.07 Å². The highest BCUT2D eigenvalue weighted by Gasteiger charge is 2.06. The SMILES string of the molecule is Nc1nc(OC(F)F)ccc1Cl. The zero-order chi connectivity index (χ0) is 9.14. The number of hydrogen-bond donors (Lipinski definition) is 1. The molecule has 0 aromatic carbocycles. The molecular weight excluding hydrogens is 190 g/mol. The normalized spacial score (nSPS) is 10.3. The number of ether oxygens (including phenoxy) is 1. The molecule has 0 radical (unpaired) electrons. The predicted molar refractivity (Wildman–Crippen MR) is 40.3 cm³/mol. The van der Waals surface area contributed by atoms with E-state index in [9.17, 15) is 8.78 Å². The van der Waals surface area contributed by atoms with Crippen molar-refractivity contribution in [1.29, 1.82) is 0 Å². The maximum atomic E-state index is 11.6. The van der Waals surface area contributed by atoms with Crippen LogP contribution < -0.4 is 10.5 Å². The Labute approximate surface area is 72.1 Å². The van der Waals surface area contributed by atoms with Crippen molar-refractivity contribution in [2.75, 3.05) is 5.73 Å². The van der Waals surface area contributed by atoms with Crippen LogP contribution >= 0.6 is 11.6 Å². The molecule has 0 amide bonds. The van der Waals surface area contributed by atoms with Gasteiger partial charge < -0.3 is 10.5 Å². The quantitative estimate of drug-likeness (QED) is 0.783. The minimum atomic E-state index is -2.90. The van der Waals surface area contributed by atoms with E-state index in [2.05, 4.69) is 9.72 Å². The third kappa shape index (κ3) is 2.20. The summed E-state index contributed by atoms with van der Waals surface area (Å²) in [5.74, 6) is -0.276. The number of nitrogens with two attached hydrogens (primary N) is 1. The molecule has 1 heterocycles. The van der Waals surface area contributed by atoms with Crippen molar-refractivity contribution >= 4 is 17.4 Å². The van der Waals surface area contributed by atoms with Crippen molar-refractivity contribution in [2.45, 2.75) is 6.61 Å². The van der Waals surface area contributed by atoms with E-state index < -0.39 is 6.61 Å². The Kier molecular flexibility index (Phi) is 2.65. The third-order valence-electron chi connectivity index (χ3n) is 1.06. The molecule has 1 aromatic heterocycles. The Bertz CT molecular complexity index is 282. The Balaban J connectivity index is 2.82. The molecule has 1 rings (SSSR count). The van der Waals surface area contributed by atoms with Gasteiger partial charge in [-0.1, -0.05) is 11.6 Å². The number of hydrogen-bond acceptors (Lipinski definition) is 3. The van der Waals surface area contributed by atoms with Gasteiger partial charge >= 0.3 is 6.61 Å². The molecule has 0 fully saturated rings. The standard InChI is InChI=1S/C6H5ClF2N2O/c7-3-1-2-4(11-5(3)10)12-6(8)9/h1-2,6H,(H2,10,11). The molecule has 0 saturated carbocycles. The fourth-order valence-corrected chi connectivity index (χ4v) is 0.701. The predicted octanol–water partition coefficient (Wildman–Crippen LogP) is 1.92. The fraction of sp³-hybridized carbons (Fsp3) is 0.167. The van der Waals surface area contributed by atoms with Crippen LogP contribution in [0, 0.1) is 0 Å². The first-order chi connectivity index (χ1) is 5.59. The van der Waals surface area contributed by atoms with Gasteiger partial charge in [-0.25, -0.2) is 0 Å². The smallest absolute Gasteiger partial charge is 0.388 e. The summed E-state index contributed by atoms with van der Waals surface area (Å²) in [4.78, 5) is 3.46. The fourth-order valence-electron chi connectivity index (χ4n) is 0.596. The monoisotopic (exact) mass is 194 g/mol. The first kappa shape index (κ1) is 8.99. The van der Waals surface area contributed by atoms with Gasteiger partial charge in [0.15, 0.2) is 0 Å². The largest absolute Gasteiger partial charge is 0.417 e. The summed E-state index contributed by atoms with van der Waals surface area (Å²) in [7, 11) is 0. The minimum Gasteiger partial charge on any atom is -0.417 e. The molecular formula is C6H5ClF2N2O. The van der Waals surface area contributed by atoms with Crippen LogP contribution in [-0.2, 0) is 0 Å². The van der Waals surface area contributed by atoms with Crippen LogP contribution in [-0.4, -0.2) is 11.6 Å². The second-order valence-corrected chi connectivity index (χ2v) is 2.30. The van der Waals surface area contributed by atoms with E-state index in [1.54, 1.807) is 0 Å². The number of nitrogen functional groups attached to an aromatic ring is 1. The molecule has 0 aliphatic carbocycles. The lowest BCUT2D eigenvalue weighted by Gasteiger charge is -2.03. The number of nitrogens with zero attached hydrogens (tertiary/aromatic N) is 1. The molecule has 0 aliphatic rings. The Morgan fingerprint density at radius 2 is 2.17 bits per heavy atom. The zero-order valence-corrected chi connectivity index (χ0v) is 6.55. The Hall–Kier alpha value is -1.10. The van der Waals surface area contributed by atoms with Crippen molar-refractivity contribution in [3.8, 4) is 5.88 Å². The summed E-state index contributed by atoms with van der Waals surface area (Å²) in [6, 6.07) is 2.55. The minimum absolute atomic E-state index is 0.0326. The van der Waals surface area contributed by atoms with E-state index in [1.807, 2.05) is 0 Å². The first-order valence-electron chi connectivity index (χ1n) is 2.96. The molecule has 0 spiro atoms. The molecule has 0 bridgehead atoms. The molecule has 1 aromatic rings. The molecule has 6 heteroatoms. The highest BCUT2D eigenvalue weighted by Crippen LogP contribution is 2.20. The van der Waals surface area contributed by atoms with Gasteiger partial charge in [0.2, 0.25) is 5.88 Å². The molecule has 2 N–H and O–H groups in total. The van der Waals surface area contributed by atoms with Crippen LogP contribution in [0.5, 0.6) is 5.88 Å².